The summed E-state index contributed by atoms with van der Waals surface area (Å²) in [6, 6.07) is 3.95. The Morgan fingerprint density at radius 1 is 1.42 bits per heavy atom. The molecular weight excluding hydrogens is 271 g/mol. The Morgan fingerprint density at radius 2 is 2.26 bits per heavy atom. The fourth-order valence-corrected chi connectivity index (χ4v) is 2.49. The number of ketones is 1. The van der Waals surface area contributed by atoms with Crippen LogP contribution in [0.5, 0.6) is 0 Å². The first kappa shape index (κ1) is 12.3. The van der Waals surface area contributed by atoms with Crippen LogP contribution in [-0.4, -0.2) is 15.9 Å². The molecule has 1 aromatic heterocycles. The molecule has 0 amide bonds. The molecule has 0 aliphatic heterocycles. The minimum Gasteiger partial charge on any atom is -0.338 e. The van der Waals surface area contributed by atoms with Crippen molar-refractivity contribution in [2.75, 3.05) is 0 Å². The molecule has 0 bridgehead atoms. The third-order valence-corrected chi connectivity index (χ3v) is 3.53. The Balaban J connectivity index is 1.94. The summed E-state index contributed by atoms with van der Waals surface area (Å²) in [4.78, 5) is 15.8. The molecule has 19 heavy (non-hydrogen) atoms. The van der Waals surface area contributed by atoms with Gasteiger partial charge in [0, 0.05) is 12.0 Å². The van der Waals surface area contributed by atoms with Crippen LogP contribution in [0.4, 0.5) is 4.39 Å². The zero-order valence-corrected chi connectivity index (χ0v) is 10.7. The maximum atomic E-state index is 13.0. The molecule has 0 spiro atoms. The molecule has 1 aliphatic rings. The fourth-order valence-electron chi connectivity index (χ4n) is 2.23. The molecule has 0 N–H and O–H groups in total. The van der Waals surface area contributed by atoms with Crippen molar-refractivity contribution in [1.29, 1.82) is 0 Å². The number of carbonyl (C=O) groups excluding carboxylic acids is 1. The monoisotopic (exact) mass is 280 g/mol. The van der Waals surface area contributed by atoms with Crippen molar-refractivity contribution < 1.29 is 13.7 Å². The van der Waals surface area contributed by atoms with Gasteiger partial charge in [-0.15, -0.1) is 0 Å². The number of hydrogen-bond acceptors (Lipinski definition) is 4. The van der Waals surface area contributed by atoms with Gasteiger partial charge in [-0.3, -0.25) is 4.79 Å². The molecular formula is C13H10ClFN2O2. The molecule has 1 unspecified atom stereocenters. The van der Waals surface area contributed by atoms with E-state index in [0.29, 0.717) is 17.9 Å². The molecule has 1 aromatic carbocycles. The molecule has 98 valence electrons. The zero-order valence-electron chi connectivity index (χ0n) is 9.90. The quantitative estimate of drug-likeness (QED) is 0.846. The van der Waals surface area contributed by atoms with Crippen LogP contribution in [0.3, 0.4) is 0 Å². The Morgan fingerprint density at radius 3 is 2.95 bits per heavy atom. The van der Waals surface area contributed by atoms with Crippen LogP contribution in [0.15, 0.2) is 22.7 Å². The van der Waals surface area contributed by atoms with Crippen molar-refractivity contribution in [1.82, 2.24) is 10.1 Å². The molecule has 4 nitrogen and oxygen atoms in total. The number of nitrogens with zero attached hydrogens (tertiary/aromatic N) is 2. The number of Topliss-reactive ketones (excluding diaryl/α,β-unsaturated/α-hetero) is 1. The van der Waals surface area contributed by atoms with Gasteiger partial charge in [-0.25, -0.2) is 4.39 Å². The second-order valence-electron chi connectivity index (χ2n) is 4.49. The average Bonchev–Trinajstić information content (AvgIpc) is 2.97. The third-order valence-electron chi connectivity index (χ3n) is 3.22. The minimum atomic E-state index is -0.427. The van der Waals surface area contributed by atoms with E-state index >= 15 is 0 Å². The first-order chi connectivity index (χ1) is 9.15. The molecule has 2 aromatic rings. The van der Waals surface area contributed by atoms with Crippen LogP contribution < -0.4 is 0 Å². The molecule has 1 heterocycles. The Bertz CT molecular complexity index is 641. The van der Waals surface area contributed by atoms with Crippen molar-refractivity contribution in [2.24, 2.45) is 0 Å². The van der Waals surface area contributed by atoms with Crippen molar-refractivity contribution in [2.45, 2.75) is 25.2 Å². The topological polar surface area (TPSA) is 56.0 Å². The maximum absolute atomic E-state index is 13.0. The lowest BCUT2D eigenvalue weighted by molar-refractivity contribution is -0.119. The highest BCUT2D eigenvalue weighted by molar-refractivity contribution is 6.33. The molecule has 1 saturated carbocycles. The second kappa shape index (κ2) is 4.74. The van der Waals surface area contributed by atoms with Gasteiger partial charge in [0.1, 0.15) is 11.6 Å². The van der Waals surface area contributed by atoms with Crippen molar-refractivity contribution in [3.05, 3.63) is 34.9 Å². The highest BCUT2D eigenvalue weighted by atomic mass is 35.5. The normalized spacial score (nSPS) is 19.1. The van der Waals surface area contributed by atoms with Gasteiger partial charge in [-0.1, -0.05) is 16.8 Å². The Kier molecular flexibility index (Phi) is 3.06. The Hall–Kier alpha value is -1.75. The van der Waals surface area contributed by atoms with Gasteiger partial charge in [0.25, 0.3) is 0 Å². The van der Waals surface area contributed by atoms with Crippen molar-refractivity contribution >= 4 is 17.4 Å². The van der Waals surface area contributed by atoms with Crippen LogP contribution in [0, 0.1) is 5.82 Å². The van der Waals surface area contributed by atoms with Crippen LogP contribution in [0.1, 0.15) is 31.1 Å². The highest BCUT2D eigenvalue weighted by Gasteiger charge is 2.31. The van der Waals surface area contributed by atoms with E-state index in [4.69, 9.17) is 16.1 Å². The van der Waals surface area contributed by atoms with Crippen molar-refractivity contribution in [3.8, 4) is 11.4 Å². The number of benzene rings is 1. The summed E-state index contributed by atoms with van der Waals surface area (Å²) in [5.41, 5.74) is 0.489. The molecule has 1 aliphatic carbocycles. The first-order valence-corrected chi connectivity index (χ1v) is 6.34. The summed E-state index contributed by atoms with van der Waals surface area (Å²) >= 11 is 5.93. The predicted octanol–water partition coefficient (Wildman–Crippen LogP) is 3.37. The predicted molar refractivity (Wildman–Crippen MR) is 66.3 cm³/mol. The highest BCUT2D eigenvalue weighted by Crippen LogP contribution is 2.32. The van der Waals surface area contributed by atoms with Crippen molar-refractivity contribution in [3.63, 3.8) is 0 Å². The third kappa shape index (κ3) is 2.26. The lowest BCUT2D eigenvalue weighted by atomic mass is 10.1. The number of halogens is 2. The summed E-state index contributed by atoms with van der Waals surface area (Å²) in [6.45, 7) is 0. The summed E-state index contributed by atoms with van der Waals surface area (Å²) in [6.07, 6.45) is 2.13. The average molecular weight is 281 g/mol. The summed E-state index contributed by atoms with van der Waals surface area (Å²) in [5, 5.41) is 4.02. The van der Waals surface area contributed by atoms with Gasteiger partial charge in [0.2, 0.25) is 11.7 Å². The number of aromatic nitrogens is 2. The van der Waals surface area contributed by atoms with Gasteiger partial charge in [0.15, 0.2) is 0 Å². The van der Waals surface area contributed by atoms with E-state index in [1.165, 1.54) is 18.2 Å². The smallest absolute Gasteiger partial charge is 0.237 e. The maximum Gasteiger partial charge on any atom is 0.237 e. The summed E-state index contributed by atoms with van der Waals surface area (Å²) < 4.78 is 18.1. The van der Waals surface area contributed by atoms with Gasteiger partial charge in [-0.2, -0.15) is 4.98 Å². The number of carbonyl (C=O) groups is 1. The fraction of sp³-hybridized carbons (Fsp3) is 0.308. The van der Waals surface area contributed by atoms with Gasteiger partial charge >= 0.3 is 0 Å². The molecule has 0 saturated heterocycles. The summed E-state index contributed by atoms with van der Waals surface area (Å²) in [7, 11) is 0. The molecule has 6 heteroatoms. The summed E-state index contributed by atoms with van der Waals surface area (Å²) in [5.74, 6) is -0.0121. The first-order valence-electron chi connectivity index (χ1n) is 5.97. The molecule has 3 rings (SSSR count). The van der Waals surface area contributed by atoms with Crippen LogP contribution in [0.25, 0.3) is 11.4 Å². The van der Waals surface area contributed by atoms with E-state index in [0.717, 1.165) is 12.8 Å². The zero-order chi connectivity index (χ0) is 13.4. The van der Waals surface area contributed by atoms with Gasteiger partial charge in [0.05, 0.1) is 10.9 Å². The van der Waals surface area contributed by atoms with Gasteiger partial charge < -0.3 is 4.52 Å². The molecule has 1 fully saturated rings. The van der Waals surface area contributed by atoms with Crippen LogP contribution >= 0.6 is 11.6 Å². The van der Waals surface area contributed by atoms with E-state index in [9.17, 15) is 9.18 Å². The van der Waals surface area contributed by atoms with E-state index in [2.05, 4.69) is 10.1 Å². The number of rotatable bonds is 2. The van der Waals surface area contributed by atoms with Crippen LogP contribution in [-0.2, 0) is 4.79 Å². The minimum absolute atomic E-state index is 0.125. The lowest BCUT2D eigenvalue weighted by Crippen LogP contribution is -2.04. The second-order valence-corrected chi connectivity index (χ2v) is 4.90. The molecule has 0 radical (unpaired) electrons. The lowest BCUT2D eigenvalue weighted by Gasteiger charge is -1.99. The largest absolute Gasteiger partial charge is 0.338 e. The van der Waals surface area contributed by atoms with Gasteiger partial charge in [-0.05, 0) is 31.0 Å². The number of hydrogen-bond donors (Lipinski definition) is 0. The van der Waals surface area contributed by atoms with E-state index in [1.807, 2.05) is 0 Å². The Labute approximate surface area is 113 Å². The molecule has 1 atom stereocenters. The van der Waals surface area contributed by atoms with E-state index < -0.39 is 5.82 Å². The van der Waals surface area contributed by atoms with Crippen LogP contribution in [0.2, 0.25) is 5.02 Å². The standard InChI is InChI=1S/C13H10ClFN2O2/c14-10-6-7(15)4-5-8(10)12-16-13(19-17-12)9-2-1-3-11(9)18/h4-6,9H,1-3H2. The van der Waals surface area contributed by atoms with E-state index in [1.54, 1.807) is 0 Å². The SMILES string of the molecule is O=C1CCCC1c1nc(-c2ccc(F)cc2Cl)no1. The van der Waals surface area contributed by atoms with E-state index in [-0.39, 0.29) is 22.5 Å².